The Bertz CT molecular complexity index is 615. The summed E-state index contributed by atoms with van der Waals surface area (Å²) in [7, 11) is -3.20. The van der Waals surface area contributed by atoms with Crippen LogP contribution in [0.2, 0.25) is 0 Å². The molecule has 0 radical (unpaired) electrons. The molecule has 0 aromatic heterocycles. The fourth-order valence-corrected chi connectivity index (χ4v) is 2.38. The second kappa shape index (κ2) is 6.41. The minimum Gasteiger partial charge on any atom is -0.465 e. The smallest absolute Gasteiger partial charge is 0.415 e. The molecule has 0 bridgehead atoms. The zero-order valence-electron chi connectivity index (χ0n) is 10.7. The molecule has 2 N–H and O–H groups in total. The van der Waals surface area contributed by atoms with Crippen molar-refractivity contribution >= 4 is 16.0 Å². The maximum atomic E-state index is 12.1. The summed E-state index contributed by atoms with van der Waals surface area (Å²) in [5.41, 5.74) is -0.0725. The Kier molecular flexibility index (Phi) is 5.31. The third-order valence-corrected chi connectivity index (χ3v) is 3.83. The van der Waals surface area contributed by atoms with Crippen LogP contribution in [0.3, 0.4) is 0 Å². The molecule has 0 aliphatic heterocycles. The van der Waals surface area contributed by atoms with E-state index in [-0.39, 0.29) is 5.56 Å². The number of hydrogen-bond acceptors (Lipinski definition) is 5. The lowest BCUT2D eigenvalue weighted by Crippen LogP contribution is -2.40. The lowest BCUT2D eigenvalue weighted by atomic mass is 10.2. The summed E-state index contributed by atoms with van der Waals surface area (Å²) in [5.74, 6) is -0.789. The SMILES string of the molecule is COC(=O)c1cccc(S(=O)(=O)NCC(O)C(F)(F)F)c1. The first-order valence-electron chi connectivity index (χ1n) is 5.51. The summed E-state index contributed by atoms with van der Waals surface area (Å²) in [4.78, 5) is 10.8. The molecular formula is C11H12F3NO5S. The molecule has 118 valence electrons. The zero-order chi connectivity index (χ0) is 16.3. The van der Waals surface area contributed by atoms with Gasteiger partial charge in [-0.15, -0.1) is 0 Å². The minimum atomic E-state index is -4.93. The topological polar surface area (TPSA) is 92.7 Å². The van der Waals surface area contributed by atoms with Crippen molar-refractivity contribution in [3.8, 4) is 0 Å². The highest BCUT2D eigenvalue weighted by Gasteiger charge is 2.38. The monoisotopic (exact) mass is 327 g/mol. The van der Waals surface area contributed by atoms with Crippen LogP contribution in [0.5, 0.6) is 0 Å². The highest BCUT2D eigenvalue weighted by molar-refractivity contribution is 7.89. The number of halogens is 3. The number of aliphatic hydroxyl groups is 1. The van der Waals surface area contributed by atoms with Gasteiger partial charge in [0, 0.05) is 6.54 Å². The van der Waals surface area contributed by atoms with Gasteiger partial charge in [-0.25, -0.2) is 17.9 Å². The number of alkyl halides is 3. The van der Waals surface area contributed by atoms with E-state index in [0.717, 1.165) is 19.2 Å². The van der Waals surface area contributed by atoms with E-state index in [1.54, 1.807) is 4.72 Å². The van der Waals surface area contributed by atoms with Crippen LogP contribution in [0.25, 0.3) is 0 Å². The Morgan fingerprint density at radius 1 is 1.43 bits per heavy atom. The molecule has 1 atom stereocenters. The van der Waals surface area contributed by atoms with E-state index >= 15 is 0 Å². The zero-order valence-corrected chi connectivity index (χ0v) is 11.5. The molecule has 0 heterocycles. The van der Waals surface area contributed by atoms with E-state index < -0.39 is 39.7 Å². The number of carbonyl (C=O) groups is 1. The largest absolute Gasteiger partial charge is 0.465 e. The summed E-state index contributed by atoms with van der Waals surface area (Å²) in [6.45, 7) is -1.23. The highest BCUT2D eigenvalue weighted by atomic mass is 32.2. The fourth-order valence-electron chi connectivity index (χ4n) is 1.30. The first-order valence-corrected chi connectivity index (χ1v) is 6.99. The molecule has 1 aromatic rings. The summed E-state index contributed by atoms with van der Waals surface area (Å²) >= 11 is 0. The third-order valence-electron chi connectivity index (χ3n) is 2.41. The molecule has 0 spiro atoms. The van der Waals surface area contributed by atoms with Gasteiger partial charge in [0.05, 0.1) is 17.6 Å². The molecule has 1 unspecified atom stereocenters. The van der Waals surface area contributed by atoms with Crippen molar-refractivity contribution in [2.24, 2.45) is 0 Å². The number of aliphatic hydroxyl groups excluding tert-OH is 1. The molecule has 1 aromatic carbocycles. The number of sulfonamides is 1. The van der Waals surface area contributed by atoms with Crippen molar-refractivity contribution < 1.29 is 36.2 Å². The van der Waals surface area contributed by atoms with Crippen molar-refractivity contribution in [1.29, 1.82) is 0 Å². The highest BCUT2D eigenvalue weighted by Crippen LogP contribution is 2.20. The van der Waals surface area contributed by atoms with Gasteiger partial charge in [-0.2, -0.15) is 13.2 Å². The number of ether oxygens (including phenoxy) is 1. The molecule has 0 amide bonds. The predicted molar refractivity (Wildman–Crippen MR) is 65.0 cm³/mol. The predicted octanol–water partition coefficient (Wildman–Crippen LogP) is 0.675. The number of rotatable bonds is 5. The van der Waals surface area contributed by atoms with E-state index in [0.29, 0.717) is 0 Å². The summed E-state index contributed by atoms with van der Waals surface area (Å²) in [6.07, 6.45) is -7.76. The van der Waals surface area contributed by atoms with Crippen LogP contribution < -0.4 is 4.72 Å². The molecule has 21 heavy (non-hydrogen) atoms. The van der Waals surface area contributed by atoms with Gasteiger partial charge in [0.25, 0.3) is 0 Å². The van der Waals surface area contributed by atoms with Gasteiger partial charge in [0.1, 0.15) is 0 Å². The van der Waals surface area contributed by atoms with Gasteiger partial charge in [-0.05, 0) is 18.2 Å². The van der Waals surface area contributed by atoms with Gasteiger partial charge in [-0.3, -0.25) is 0 Å². The Morgan fingerprint density at radius 3 is 2.57 bits per heavy atom. The fraction of sp³-hybridized carbons (Fsp3) is 0.364. The van der Waals surface area contributed by atoms with E-state index in [1.165, 1.54) is 12.1 Å². The molecule has 1 rings (SSSR count). The van der Waals surface area contributed by atoms with E-state index in [1.807, 2.05) is 0 Å². The number of nitrogens with one attached hydrogen (secondary N) is 1. The van der Waals surface area contributed by atoms with Gasteiger partial charge < -0.3 is 9.84 Å². The third kappa shape index (κ3) is 4.69. The number of methoxy groups -OCH3 is 1. The van der Waals surface area contributed by atoms with Crippen molar-refractivity contribution in [2.75, 3.05) is 13.7 Å². The molecule has 10 heteroatoms. The number of hydrogen-bond donors (Lipinski definition) is 2. The van der Waals surface area contributed by atoms with E-state index in [4.69, 9.17) is 5.11 Å². The van der Waals surface area contributed by atoms with Crippen LogP contribution in [-0.2, 0) is 14.8 Å². The lowest BCUT2D eigenvalue weighted by molar-refractivity contribution is -0.200. The van der Waals surface area contributed by atoms with Crippen LogP contribution in [0.15, 0.2) is 29.2 Å². The molecule has 0 aliphatic carbocycles. The second-order valence-corrected chi connectivity index (χ2v) is 5.70. The van der Waals surface area contributed by atoms with Crippen molar-refractivity contribution in [2.45, 2.75) is 17.2 Å². The minimum absolute atomic E-state index is 0.0725. The van der Waals surface area contributed by atoms with Crippen LogP contribution in [-0.4, -0.2) is 45.4 Å². The van der Waals surface area contributed by atoms with Crippen LogP contribution >= 0.6 is 0 Å². The Balaban J connectivity index is 2.91. The Labute approximate surface area is 118 Å². The average Bonchev–Trinajstić information content (AvgIpc) is 2.43. The van der Waals surface area contributed by atoms with Gasteiger partial charge in [0.2, 0.25) is 10.0 Å². The molecule has 0 aliphatic rings. The molecule has 0 saturated heterocycles. The maximum absolute atomic E-state index is 12.1. The maximum Gasteiger partial charge on any atom is 0.415 e. The van der Waals surface area contributed by atoms with Crippen molar-refractivity contribution in [3.63, 3.8) is 0 Å². The van der Waals surface area contributed by atoms with Crippen LogP contribution in [0.1, 0.15) is 10.4 Å². The normalized spacial score (nSPS) is 13.8. The van der Waals surface area contributed by atoms with Gasteiger partial charge in [0.15, 0.2) is 6.10 Å². The summed E-state index contributed by atoms with van der Waals surface area (Å²) in [5, 5.41) is 8.75. The average molecular weight is 327 g/mol. The molecule has 0 saturated carbocycles. The van der Waals surface area contributed by atoms with Crippen molar-refractivity contribution in [1.82, 2.24) is 4.72 Å². The van der Waals surface area contributed by atoms with Crippen LogP contribution in [0.4, 0.5) is 13.2 Å². The lowest BCUT2D eigenvalue weighted by Gasteiger charge is -2.15. The molecule has 6 nitrogen and oxygen atoms in total. The Hall–Kier alpha value is -1.65. The number of esters is 1. The molecule has 0 fully saturated rings. The number of benzene rings is 1. The standard InChI is InChI=1S/C11H12F3NO5S/c1-20-10(17)7-3-2-4-8(5-7)21(18,19)15-6-9(16)11(12,13)14/h2-5,9,15-16H,6H2,1H3. The number of carbonyl (C=O) groups excluding carboxylic acids is 1. The Morgan fingerprint density at radius 2 is 2.05 bits per heavy atom. The summed E-state index contributed by atoms with van der Waals surface area (Å²) < 4.78 is 65.9. The van der Waals surface area contributed by atoms with Gasteiger partial charge >= 0.3 is 12.1 Å². The summed E-state index contributed by atoms with van der Waals surface area (Å²) in [6, 6.07) is 4.57. The van der Waals surface area contributed by atoms with E-state index in [9.17, 15) is 26.4 Å². The first-order chi connectivity index (χ1) is 9.58. The van der Waals surface area contributed by atoms with Crippen LogP contribution in [0, 0.1) is 0 Å². The van der Waals surface area contributed by atoms with Crippen molar-refractivity contribution in [3.05, 3.63) is 29.8 Å². The molecular weight excluding hydrogens is 315 g/mol. The van der Waals surface area contributed by atoms with E-state index in [2.05, 4.69) is 4.74 Å². The van der Waals surface area contributed by atoms with Gasteiger partial charge in [-0.1, -0.05) is 6.07 Å². The second-order valence-electron chi connectivity index (χ2n) is 3.93. The first kappa shape index (κ1) is 17.4. The quantitative estimate of drug-likeness (QED) is 0.776.